The lowest BCUT2D eigenvalue weighted by molar-refractivity contribution is -0.138. The van der Waals surface area contributed by atoms with Crippen molar-refractivity contribution in [2.45, 2.75) is 0 Å². The molecule has 0 saturated heterocycles. The maximum Gasteiger partial charge on any atom is 0.413 e. The van der Waals surface area contributed by atoms with E-state index in [0.717, 1.165) is 6.08 Å². The van der Waals surface area contributed by atoms with Gasteiger partial charge in [0.25, 0.3) is 0 Å². The molecular formula is C8H10ClNO5. The Morgan fingerprint density at radius 2 is 1.87 bits per heavy atom. The molecule has 1 N–H and O–H groups in total. The van der Waals surface area contributed by atoms with Crippen molar-refractivity contribution >= 4 is 29.6 Å². The summed E-state index contributed by atoms with van der Waals surface area (Å²) < 4.78 is 8.97. The standard InChI is InChI=1S/C8H10ClNO5/c1-2-7(12)14-3-4-15-8(13)10-6(11)5-9/h2H,1,3-5H2,(H,10,11,13). The fraction of sp³-hybridized carbons (Fsp3) is 0.375. The van der Waals surface area contributed by atoms with Gasteiger partial charge in [-0.15, -0.1) is 11.6 Å². The summed E-state index contributed by atoms with van der Waals surface area (Å²) in [5, 5.41) is 1.84. The van der Waals surface area contributed by atoms with E-state index in [1.54, 1.807) is 0 Å². The quantitative estimate of drug-likeness (QED) is 0.319. The maximum atomic E-state index is 10.8. The van der Waals surface area contributed by atoms with Crippen molar-refractivity contribution in [3.8, 4) is 0 Å². The maximum absolute atomic E-state index is 10.8. The Bertz CT molecular complexity index is 266. The van der Waals surface area contributed by atoms with Crippen LogP contribution in [0.25, 0.3) is 0 Å². The molecule has 0 unspecified atom stereocenters. The van der Waals surface area contributed by atoms with Crippen LogP contribution in [0.15, 0.2) is 12.7 Å². The van der Waals surface area contributed by atoms with Gasteiger partial charge in [-0.05, 0) is 0 Å². The molecule has 0 aromatic carbocycles. The number of nitrogens with one attached hydrogen (secondary N) is 1. The number of alkyl halides is 1. The summed E-state index contributed by atoms with van der Waals surface area (Å²) in [6.45, 7) is 2.92. The number of halogens is 1. The molecular weight excluding hydrogens is 226 g/mol. The van der Waals surface area contributed by atoms with E-state index in [9.17, 15) is 14.4 Å². The zero-order valence-electron chi connectivity index (χ0n) is 7.82. The normalized spacial score (nSPS) is 8.87. The Kier molecular flexibility index (Phi) is 7.00. The molecule has 0 aliphatic carbocycles. The van der Waals surface area contributed by atoms with E-state index in [2.05, 4.69) is 16.1 Å². The van der Waals surface area contributed by atoms with Crippen LogP contribution in [0.4, 0.5) is 4.79 Å². The van der Waals surface area contributed by atoms with E-state index < -0.39 is 18.0 Å². The lowest BCUT2D eigenvalue weighted by Crippen LogP contribution is -2.32. The van der Waals surface area contributed by atoms with Crippen molar-refractivity contribution in [2.24, 2.45) is 0 Å². The first-order chi connectivity index (χ1) is 7.10. The van der Waals surface area contributed by atoms with Crippen molar-refractivity contribution in [2.75, 3.05) is 19.1 Å². The molecule has 15 heavy (non-hydrogen) atoms. The largest absolute Gasteiger partial charge is 0.459 e. The van der Waals surface area contributed by atoms with Crippen molar-refractivity contribution in [3.63, 3.8) is 0 Å². The molecule has 84 valence electrons. The van der Waals surface area contributed by atoms with Crippen LogP contribution in [0.5, 0.6) is 0 Å². The first-order valence-electron chi connectivity index (χ1n) is 3.92. The van der Waals surface area contributed by atoms with Crippen LogP contribution in [-0.4, -0.2) is 37.1 Å². The predicted molar refractivity (Wildman–Crippen MR) is 51.4 cm³/mol. The van der Waals surface area contributed by atoms with E-state index in [0.29, 0.717) is 0 Å². The third kappa shape index (κ3) is 7.51. The van der Waals surface area contributed by atoms with Gasteiger partial charge in [-0.2, -0.15) is 0 Å². The highest BCUT2D eigenvalue weighted by atomic mass is 35.5. The molecule has 0 aliphatic rings. The van der Waals surface area contributed by atoms with Crippen molar-refractivity contribution < 1.29 is 23.9 Å². The number of ether oxygens (including phenoxy) is 2. The second-order valence-electron chi connectivity index (χ2n) is 2.19. The highest BCUT2D eigenvalue weighted by Crippen LogP contribution is 1.83. The highest BCUT2D eigenvalue weighted by Gasteiger charge is 2.06. The second kappa shape index (κ2) is 7.81. The molecule has 0 rings (SSSR count). The molecule has 0 radical (unpaired) electrons. The van der Waals surface area contributed by atoms with Gasteiger partial charge in [0.05, 0.1) is 0 Å². The van der Waals surface area contributed by atoms with Crippen LogP contribution >= 0.6 is 11.6 Å². The van der Waals surface area contributed by atoms with Gasteiger partial charge in [0.1, 0.15) is 19.1 Å². The molecule has 0 saturated carbocycles. The first kappa shape index (κ1) is 13.4. The molecule has 0 aromatic heterocycles. The van der Waals surface area contributed by atoms with E-state index in [1.165, 1.54) is 0 Å². The highest BCUT2D eigenvalue weighted by molar-refractivity contribution is 6.28. The summed E-state index contributed by atoms with van der Waals surface area (Å²) in [7, 11) is 0. The first-order valence-corrected chi connectivity index (χ1v) is 4.45. The predicted octanol–water partition coefficient (Wildman–Crippen LogP) is 0.207. The van der Waals surface area contributed by atoms with Crippen LogP contribution in [0.2, 0.25) is 0 Å². The van der Waals surface area contributed by atoms with Gasteiger partial charge in [-0.3, -0.25) is 10.1 Å². The number of carbonyl (C=O) groups excluding carboxylic acids is 3. The van der Waals surface area contributed by atoms with Crippen LogP contribution in [0.1, 0.15) is 0 Å². The zero-order valence-corrected chi connectivity index (χ0v) is 8.58. The van der Waals surface area contributed by atoms with E-state index in [-0.39, 0.29) is 19.1 Å². The Labute approximate surface area is 91.2 Å². The number of esters is 1. The fourth-order valence-electron chi connectivity index (χ4n) is 0.519. The number of carbonyl (C=O) groups is 3. The van der Waals surface area contributed by atoms with Crippen LogP contribution in [0, 0.1) is 0 Å². The molecule has 0 aromatic rings. The average Bonchev–Trinajstić information content (AvgIpc) is 2.23. The third-order valence-electron chi connectivity index (χ3n) is 1.09. The third-order valence-corrected chi connectivity index (χ3v) is 1.33. The van der Waals surface area contributed by atoms with Gasteiger partial charge in [0.2, 0.25) is 5.91 Å². The minimum atomic E-state index is -0.935. The zero-order chi connectivity index (χ0) is 11.7. The van der Waals surface area contributed by atoms with Gasteiger partial charge in [-0.25, -0.2) is 9.59 Å². The Hall–Kier alpha value is -1.56. The molecule has 6 nitrogen and oxygen atoms in total. The summed E-state index contributed by atoms with van der Waals surface area (Å²) in [5.41, 5.74) is 0. The summed E-state index contributed by atoms with van der Waals surface area (Å²) in [6.07, 6.45) is 0.0483. The lowest BCUT2D eigenvalue weighted by atomic mass is 10.6. The molecule has 2 amide bonds. The number of hydrogen-bond acceptors (Lipinski definition) is 5. The molecule has 0 spiro atoms. The Balaban J connectivity index is 3.51. The summed E-state index contributed by atoms with van der Waals surface area (Å²) in [5.74, 6) is -1.61. The van der Waals surface area contributed by atoms with Crippen molar-refractivity contribution in [1.82, 2.24) is 5.32 Å². The van der Waals surface area contributed by atoms with Crippen LogP contribution in [-0.2, 0) is 19.1 Å². The summed E-state index contributed by atoms with van der Waals surface area (Å²) in [4.78, 5) is 31.8. The van der Waals surface area contributed by atoms with E-state index in [1.807, 2.05) is 5.32 Å². The number of alkyl carbamates (subject to hydrolysis) is 1. The average molecular weight is 236 g/mol. The second-order valence-corrected chi connectivity index (χ2v) is 2.46. The minimum Gasteiger partial charge on any atom is -0.459 e. The smallest absolute Gasteiger partial charge is 0.413 e. The number of rotatable bonds is 5. The van der Waals surface area contributed by atoms with Gasteiger partial charge < -0.3 is 9.47 Å². The van der Waals surface area contributed by atoms with E-state index >= 15 is 0 Å². The lowest BCUT2D eigenvalue weighted by Gasteiger charge is -2.04. The van der Waals surface area contributed by atoms with Crippen molar-refractivity contribution in [1.29, 1.82) is 0 Å². The topological polar surface area (TPSA) is 81.7 Å². The molecule has 0 fully saturated rings. The monoisotopic (exact) mass is 235 g/mol. The molecule has 7 heteroatoms. The molecule has 0 bridgehead atoms. The Morgan fingerprint density at radius 1 is 1.27 bits per heavy atom. The summed E-state index contributed by atoms with van der Waals surface area (Å²) in [6, 6.07) is 0. The molecule has 0 aliphatic heterocycles. The van der Waals surface area contributed by atoms with E-state index in [4.69, 9.17) is 11.6 Å². The number of hydrogen-bond donors (Lipinski definition) is 1. The summed E-state index contributed by atoms with van der Waals surface area (Å²) >= 11 is 5.12. The number of amides is 2. The fourth-order valence-corrected chi connectivity index (χ4v) is 0.586. The number of imide groups is 1. The van der Waals surface area contributed by atoms with Gasteiger partial charge in [0, 0.05) is 6.08 Å². The van der Waals surface area contributed by atoms with Gasteiger partial charge in [-0.1, -0.05) is 6.58 Å². The van der Waals surface area contributed by atoms with Gasteiger partial charge in [0.15, 0.2) is 0 Å². The van der Waals surface area contributed by atoms with Crippen LogP contribution < -0.4 is 5.32 Å². The SMILES string of the molecule is C=CC(=O)OCCOC(=O)NC(=O)CCl. The Morgan fingerprint density at radius 3 is 2.40 bits per heavy atom. The van der Waals surface area contributed by atoms with Gasteiger partial charge >= 0.3 is 12.1 Å². The molecule has 0 atom stereocenters. The molecule has 0 heterocycles. The minimum absolute atomic E-state index is 0.104. The van der Waals surface area contributed by atoms with Crippen LogP contribution in [0.3, 0.4) is 0 Å². The van der Waals surface area contributed by atoms with Crippen molar-refractivity contribution in [3.05, 3.63) is 12.7 Å².